The van der Waals surface area contributed by atoms with Crippen LogP contribution in [0.15, 0.2) is 22.8 Å². The smallest absolute Gasteiger partial charge is 0.212 e. The van der Waals surface area contributed by atoms with Gasteiger partial charge in [0.25, 0.3) is 0 Å². The molecule has 1 N–H and O–H groups in total. The number of rotatable bonds is 4. The Morgan fingerprint density at radius 3 is 2.68 bits per heavy atom. The van der Waals surface area contributed by atoms with E-state index >= 15 is 0 Å². The maximum absolute atomic E-state index is 5.03. The Hall–Kier alpha value is -1.69. The van der Waals surface area contributed by atoms with Crippen LogP contribution < -0.4 is 10.1 Å². The highest BCUT2D eigenvalue weighted by Crippen LogP contribution is 2.23. The van der Waals surface area contributed by atoms with E-state index in [0.717, 1.165) is 27.4 Å². The van der Waals surface area contributed by atoms with Crippen LogP contribution >= 0.6 is 15.9 Å². The van der Waals surface area contributed by atoms with Crippen molar-refractivity contribution in [1.29, 1.82) is 0 Å². The fraction of sp³-hybridized carbons (Fsp3) is 0.308. The standard InChI is InChI=1S/C13H15BrN4O/c1-8-12(14)13(15-2)18-10(17-8)6-9-4-5-11(19-3)16-7-9/h4-5,7H,6H2,1-3H3,(H,15,17,18). The molecular weight excluding hydrogens is 308 g/mol. The van der Waals surface area contributed by atoms with Crippen LogP contribution in [0.2, 0.25) is 0 Å². The van der Waals surface area contributed by atoms with Crippen molar-refractivity contribution in [2.75, 3.05) is 19.5 Å². The summed E-state index contributed by atoms with van der Waals surface area (Å²) < 4.78 is 5.93. The fourth-order valence-electron chi connectivity index (χ4n) is 1.68. The topological polar surface area (TPSA) is 59.9 Å². The van der Waals surface area contributed by atoms with E-state index in [1.165, 1.54) is 0 Å². The van der Waals surface area contributed by atoms with Gasteiger partial charge < -0.3 is 10.1 Å². The molecule has 2 aromatic heterocycles. The zero-order valence-corrected chi connectivity index (χ0v) is 12.7. The van der Waals surface area contributed by atoms with Crippen LogP contribution in [0.4, 0.5) is 5.82 Å². The number of aromatic nitrogens is 3. The lowest BCUT2D eigenvalue weighted by Gasteiger charge is -2.08. The number of aryl methyl sites for hydroxylation is 1. The summed E-state index contributed by atoms with van der Waals surface area (Å²) in [5.41, 5.74) is 1.96. The zero-order chi connectivity index (χ0) is 13.8. The third-order valence-corrected chi connectivity index (χ3v) is 3.62. The Bertz CT molecular complexity index is 572. The minimum Gasteiger partial charge on any atom is -0.481 e. The largest absolute Gasteiger partial charge is 0.481 e. The summed E-state index contributed by atoms with van der Waals surface area (Å²) in [5, 5.41) is 3.05. The van der Waals surface area contributed by atoms with Crippen LogP contribution in [0.25, 0.3) is 0 Å². The first-order valence-corrected chi connectivity index (χ1v) is 6.63. The molecule has 0 aliphatic carbocycles. The molecule has 0 bridgehead atoms. The van der Waals surface area contributed by atoms with Gasteiger partial charge in [-0.05, 0) is 28.4 Å². The number of pyridine rings is 1. The van der Waals surface area contributed by atoms with Crippen LogP contribution in [-0.4, -0.2) is 29.1 Å². The summed E-state index contributed by atoms with van der Waals surface area (Å²) in [6, 6.07) is 3.80. The van der Waals surface area contributed by atoms with Crippen molar-refractivity contribution >= 4 is 21.7 Å². The lowest BCUT2D eigenvalue weighted by molar-refractivity contribution is 0.397. The van der Waals surface area contributed by atoms with E-state index < -0.39 is 0 Å². The molecule has 0 fully saturated rings. The van der Waals surface area contributed by atoms with Gasteiger partial charge in [0.2, 0.25) is 5.88 Å². The second kappa shape index (κ2) is 5.97. The molecule has 0 spiro atoms. The second-order valence-electron chi connectivity index (χ2n) is 4.02. The monoisotopic (exact) mass is 322 g/mol. The third kappa shape index (κ3) is 3.20. The first-order valence-electron chi connectivity index (χ1n) is 5.83. The minimum absolute atomic E-state index is 0.604. The molecule has 5 nitrogen and oxygen atoms in total. The van der Waals surface area contributed by atoms with E-state index in [1.54, 1.807) is 13.3 Å². The summed E-state index contributed by atoms with van der Waals surface area (Å²) in [4.78, 5) is 13.1. The molecule has 2 rings (SSSR count). The zero-order valence-electron chi connectivity index (χ0n) is 11.1. The van der Waals surface area contributed by atoms with Gasteiger partial charge in [0.05, 0.1) is 17.3 Å². The van der Waals surface area contributed by atoms with Gasteiger partial charge in [-0.2, -0.15) is 0 Å². The normalized spacial score (nSPS) is 10.3. The highest BCUT2D eigenvalue weighted by molar-refractivity contribution is 9.10. The van der Waals surface area contributed by atoms with Gasteiger partial charge in [0.1, 0.15) is 11.6 Å². The maximum atomic E-state index is 5.03. The number of hydrogen-bond acceptors (Lipinski definition) is 5. The summed E-state index contributed by atoms with van der Waals surface area (Å²) in [5.74, 6) is 2.16. The lowest BCUT2D eigenvalue weighted by Crippen LogP contribution is -2.04. The molecule has 0 amide bonds. The van der Waals surface area contributed by atoms with Crippen molar-refractivity contribution in [1.82, 2.24) is 15.0 Å². The van der Waals surface area contributed by atoms with Crippen molar-refractivity contribution in [3.05, 3.63) is 39.9 Å². The molecule has 0 saturated carbocycles. The van der Waals surface area contributed by atoms with Crippen molar-refractivity contribution in [2.45, 2.75) is 13.3 Å². The molecule has 2 aromatic rings. The molecule has 0 radical (unpaired) electrons. The molecule has 0 aliphatic heterocycles. The van der Waals surface area contributed by atoms with Crippen LogP contribution in [0, 0.1) is 6.92 Å². The van der Waals surface area contributed by atoms with Crippen molar-refractivity contribution in [3.63, 3.8) is 0 Å². The second-order valence-corrected chi connectivity index (χ2v) is 4.82. The SMILES string of the molecule is CNc1nc(Cc2ccc(OC)nc2)nc(C)c1Br. The molecule has 100 valence electrons. The molecular formula is C13H15BrN4O. The van der Waals surface area contributed by atoms with Gasteiger partial charge in [-0.15, -0.1) is 0 Å². The third-order valence-electron chi connectivity index (χ3n) is 2.67. The Balaban J connectivity index is 2.25. The van der Waals surface area contributed by atoms with Gasteiger partial charge in [0.15, 0.2) is 0 Å². The van der Waals surface area contributed by atoms with Crippen LogP contribution in [0.1, 0.15) is 17.1 Å². The Morgan fingerprint density at radius 2 is 2.11 bits per heavy atom. The van der Waals surface area contributed by atoms with Crippen molar-refractivity contribution in [3.8, 4) is 5.88 Å². The lowest BCUT2D eigenvalue weighted by atomic mass is 10.2. The molecule has 6 heteroatoms. The molecule has 0 saturated heterocycles. The average Bonchev–Trinajstić information content (AvgIpc) is 2.43. The molecule has 0 atom stereocenters. The number of ether oxygens (including phenoxy) is 1. The van der Waals surface area contributed by atoms with Gasteiger partial charge >= 0.3 is 0 Å². The quantitative estimate of drug-likeness (QED) is 0.937. The highest BCUT2D eigenvalue weighted by Gasteiger charge is 2.09. The van der Waals surface area contributed by atoms with Crippen LogP contribution in [0.3, 0.4) is 0 Å². The number of halogens is 1. The minimum atomic E-state index is 0.604. The highest BCUT2D eigenvalue weighted by atomic mass is 79.9. The molecule has 0 unspecified atom stereocenters. The van der Waals surface area contributed by atoms with Gasteiger partial charge in [0, 0.05) is 25.7 Å². The first-order chi connectivity index (χ1) is 9.13. The maximum Gasteiger partial charge on any atom is 0.212 e. The summed E-state index contributed by atoms with van der Waals surface area (Å²) in [7, 11) is 3.44. The first kappa shape index (κ1) is 13.7. The van der Waals surface area contributed by atoms with Gasteiger partial charge in [-0.3, -0.25) is 0 Å². The van der Waals surface area contributed by atoms with Crippen molar-refractivity contribution in [2.24, 2.45) is 0 Å². The fourth-order valence-corrected chi connectivity index (χ4v) is 2.06. The average molecular weight is 323 g/mol. The summed E-state index contributed by atoms with van der Waals surface area (Å²) in [6.07, 6.45) is 2.42. The van der Waals surface area contributed by atoms with E-state index in [0.29, 0.717) is 12.3 Å². The number of methoxy groups -OCH3 is 1. The summed E-state index contributed by atoms with van der Waals surface area (Å²) >= 11 is 3.46. The Kier molecular flexibility index (Phi) is 4.31. The van der Waals surface area contributed by atoms with E-state index in [-0.39, 0.29) is 0 Å². The predicted octanol–water partition coefficient (Wildman–Crippen LogP) is 2.58. The molecule has 2 heterocycles. The van der Waals surface area contributed by atoms with E-state index in [1.807, 2.05) is 26.1 Å². The van der Waals surface area contributed by atoms with E-state index in [2.05, 4.69) is 36.2 Å². The van der Waals surface area contributed by atoms with Crippen molar-refractivity contribution < 1.29 is 4.74 Å². The van der Waals surface area contributed by atoms with Crippen LogP contribution in [0.5, 0.6) is 5.88 Å². The number of hydrogen-bond donors (Lipinski definition) is 1. The Labute approximate surface area is 120 Å². The van der Waals surface area contributed by atoms with E-state index in [4.69, 9.17) is 4.74 Å². The van der Waals surface area contributed by atoms with Crippen LogP contribution in [-0.2, 0) is 6.42 Å². The molecule has 0 aromatic carbocycles. The van der Waals surface area contributed by atoms with E-state index in [9.17, 15) is 0 Å². The van der Waals surface area contributed by atoms with Gasteiger partial charge in [-0.25, -0.2) is 15.0 Å². The van der Waals surface area contributed by atoms with Gasteiger partial charge in [-0.1, -0.05) is 6.07 Å². The number of nitrogens with one attached hydrogen (secondary N) is 1. The molecule has 19 heavy (non-hydrogen) atoms. The Morgan fingerprint density at radius 1 is 1.32 bits per heavy atom. The predicted molar refractivity (Wildman–Crippen MR) is 77.6 cm³/mol. The number of nitrogens with zero attached hydrogens (tertiary/aromatic N) is 3. The summed E-state index contributed by atoms with van der Waals surface area (Å²) in [6.45, 7) is 1.95. The number of anilines is 1. The molecule has 0 aliphatic rings.